The Balaban J connectivity index is 1.95. The van der Waals surface area contributed by atoms with Gasteiger partial charge in [-0.05, 0) is 25.1 Å². The molecule has 7 heteroatoms. The van der Waals surface area contributed by atoms with Gasteiger partial charge >= 0.3 is 0 Å². The molecule has 0 bridgehead atoms. The van der Waals surface area contributed by atoms with E-state index in [2.05, 4.69) is 20.8 Å². The van der Waals surface area contributed by atoms with Crippen molar-refractivity contribution in [1.82, 2.24) is 10.2 Å². The van der Waals surface area contributed by atoms with Crippen LogP contribution in [0.5, 0.6) is 0 Å². The second-order valence-electron chi connectivity index (χ2n) is 6.17. The number of nitrogens with zero attached hydrogens (tertiary/aromatic N) is 2. The van der Waals surface area contributed by atoms with Crippen molar-refractivity contribution in [3.63, 3.8) is 0 Å². The van der Waals surface area contributed by atoms with Gasteiger partial charge in [0.2, 0.25) is 0 Å². The van der Waals surface area contributed by atoms with Crippen LogP contribution in [0.1, 0.15) is 16.8 Å². The number of aliphatic hydroxyl groups is 1. The van der Waals surface area contributed by atoms with Crippen molar-refractivity contribution in [2.24, 2.45) is 4.99 Å². The number of fused-ring (bicyclic) bond motifs is 1. The van der Waals surface area contributed by atoms with Crippen LogP contribution in [-0.2, 0) is 5.66 Å². The van der Waals surface area contributed by atoms with Crippen LogP contribution in [0.2, 0.25) is 0 Å². The van der Waals surface area contributed by atoms with E-state index in [1.807, 2.05) is 37.3 Å². The number of nitrogens with one attached hydrogen (secondary N) is 3. The number of hydrogen-bond donors (Lipinski definition) is 4. The first-order valence-electron chi connectivity index (χ1n) is 8.23. The second kappa shape index (κ2) is 6.27. The molecule has 0 spiro atoms. The highest BCUT2D eigenvalue weighted by molar-refractivity contribution is 6.00. The maximum atomic E-state index is 13.5. The van der Waals surface area contributed by atoms with Gasteiger partial charge in [-0.3, -0.25) is 5.10 Å². The van der Waals surface area contributed by atoms with E-state index in [-0.39, 0.29) is 12.4 Å². The van der Waals surface area contributed by atoms with Crippen LogP contribution in [0.4, 0.5) is 15.9 Å². The van der Waals surface area contributed by atoms with E-state index in [1.165, 1.54) is 12.1 Å². The molecular formula is C19H18FN5O. The van der Waals surface area contributed by atoms with Gasteiger partial charge in [0, 0.05) is 28.6 Å². The minimum absolute atomic E-state index is 0.251. The lowest BCUT2D eigenvalue weighted by molar-refractivity contribution is 0.355. The maximum Gasteiger partial charge on any atom is 0.187 e. The first-order chi connectivity index (χ1) is 12.6. The largest absolute Gasteiger partial charge is 0.388 e. The monoisotopic (exact) mass is 351 g/mol. The molecule has 6 nitrogen and oxygen atoms in total. The number of H-pyrrole nitrogens is 1. The van der Waals surface area contributed by atoms with Gasteiger partial charge in [-0.1, -0.05) is 30.3 Å². The van der Waals surface area contributed by atoms with E-state index in [9.17, 15) is 9.50 Å². The molecule has 1 aromatic heterocycles. The fourth-order valence-electron chi connectivity index (χ4n) is 3.17. The Kier molecular flexibility index (Phi) is 3.93. The Bertz CT molecular complexity index is 966. The molecular weight excluding hydrogens is 333 g/mol. The van der Waals surface area contributed by atoms with Gasteiger partial charge in [0.05, 0.1) is 0 Å². The summed E-state index contributed by atoms with van der Waals surface area (Å²) >= 11 is 0. The number of aromatic amines is 1. The van der Waals surface area contributed by atoms with Gasteiger partial charge < -0.3 is 15.7 Å². The molecule has 0 amide bonds. The van der Waals surface area contributed by atoms with Crippen LogP contribution in [0.3, 0.4) is 0 Å². The minimum atomic E-state index is -1.05. The number of anilines is 2. The van der Waals surface area contributed by atoms with Crippen LogP contribution in [0.25, 0.3) is 0 Å². The first kappa shape index (κ1) is 16.3. The number of benzene rings is 2. The Morgan fingerprint density at radius 3 is 2.62 bits per heavy atom. The summed E-state index contributed by atoms with van der Waals surface area (Å²) in [5, 5.41) is 23.4. The van der Waals surface area contributed by atoms with Crippen molar-refractivity contribution in [3.8, 4) is 0 Å². The third kappa shape index (κ3) is 2.72. The van der Waals surface area contributed by atoms with Crippen molar-refractivity contribution in [1.29, 1.82) is 0 Å². The van der Waals surface area contributed by atoms with E-state index in [1.54, 1.807) is 12.1 Å². The summed E-state index contributed by atoms with van der Waals surface area (Å²) < 4.78 is 13.5. The summed E-state index contributed by atoms with van der Waals surface area (Å²) in [7, 11) is 0. The van der Waals surface area contributed by atoms with Gasteiger partial charge in [0.25, 0.3) is 0 Å². The van der Waals surface area contributed by atoms with Gasteiger partial charge in [-0.25, -0.2) is 9.38 Å². The maximum absolute atomic E-state index is 13.5. The number of amidine groups is 1. The highest BCUT2D eigenvalue weighted by atomic mass is 19.1. The summed E-state index contributed by atoms with van der Waals surface area (Å²) in [4.78, 5) is 4.75. The number of aliphatic imine (C=N–C) groups is 1. The topological polar surface area (TPSA) is 85.3 Å². The van der Waals surface area contributed by atoms with Crippen LogP contribution in [-0.4, -0.2) is 27.7 Å². The number of halogens is 1. The predicted molar refractivity (Wildman–Crippen MR) is 98.7 cm³/mol. The van der Waals surface area contributed by atoms with Crippen LogP contribution in [0, 0.1) is 12.7 Å². The first-order valence-corrected chi connectivity index (χ1v) is 8.23. The zero-order valence-corrected chi connectivity index (χ0v) is 14.1. The van der Waals surface area contributed by atoms with Crippen molar-refractivity contribution in [3.05, 3.63) is 77.2 Å². The highest BCUT2D eigenvalue weighted by Crippen LogP contribution is 2.41. The van der Waals surface area contributed by atoms with E-state index in [4.69, 9.17) is 4.99 Å². The molecule has 2 heterocycles. The summed E-state index contributed by atoms with van der Waals surface area (Å²) in [5.41, 5.74) is 2.25. The van der Waals surface area contributed by atoms with Crippen molar-refractivity contribution < 1.29 is 9.50 Å². The van der Waals surface area contributed by atoms with Gasteiger partial charge in [0.1, 0.15) is 24.1 Å². The zero-order valence-electron chi connectivity index (χ0n) is 14.1. The lowest BCUT2D eigenvalue weighted by Crippen LogP contribution is -2.41. The molecule has 3 aromatic rings. The fourth-order valence-corrected chi connectivity index (χ4v) is 3.17. The Morgan fingerprint density at radius 2 is 1.92 bits per heavy atom. The molecule has 0 radical (unpaired) electrons. The number of hydrogen-bond acceptors (Lipinski definition) is 5. The van der Waals surface area contributed by atoms with E-state index < -0.39 is 5.66 Å². The third-order valence-electron chi connectivity index (χ3n) is 4.33. The Labute approximate surface area is 149 Å². The highest BCUT2D eigenvalue weighted by Gasteiger charge is 2.39. The molecule has 2 aromatic carbocycles. The average molecular weight is 351 g/mol. The molecule has 0 aliphatic carbocycles. The molecule has 26 heavy (non-hydrogen) atoms. The number of rotatable bonds is 4. The molecule has 4 rings (SSSR count). The minimum Gasteiger partial charge on any atom is -0.388 e. The SMILES string of the molecule is Cc1cc(N[C@]2(c3ccc(F)cc3)N=C(CO)Nc3ccccc32)n[nH]1. The lowest BCUT2D eigenvalue weighted by Gasteiger charge is -2.37. The normalized spacial score (nSPS) is 18.7. The molecule has 132 valence electrons. The van der Waals surface area contributed by atoms with Gasteiger partial charge in [-0.2, -0.15) is 5.10 Å². The van der Waals surface area contributed by atoms with E-state index in [0.717, 1.165) is 22.5 Å². The average Bonchev–Trinajstić information content (AvgIpc) is 3.06. The number of aryl methyl sites for hydroxylation is 1. The molecule has 1 atom stereocenters. The molecule has 0 unspecified atom stereocenters. The standard InChI is InChI=1S/C19H18FN5O/c1-12-10-17(25-24-12)22-19(13-6-8-14(20)9-7-13)15-4-2-3-5-16(15)21-18(11-26)23-19/h2-10,26H,11H2,1H3,(H,21,23)(H2,22,24,25)/t19-/m1/s1. The van der Waals surface area contributed by atoms with Crippen LogP contribution < -0.4 is 10.6 Å². The van der Waals surface area contributed by atoms with E-state index in [0.29, 0.717) is 11.7 Å². The molecule has 1 aliphatic rings. The molecule has 0 fully saturated rings. The predicted octanol–water partition coefficient (Wildman–Crippen LogP) is 2.99. The number of para-hydroxylation sites is 1. The summed E-state index contributed by atoms with van der Waals surface area (Å²) in [6.45, 7) is 1.65. The van der Waals surface area contributed by atoms with Crippen molar-refractivity contribution in [2.45, 2.75) is 12.6 Å². The smallest absolute Gasteiger partial charge is 0.187 e. The molecule has 0 saturated carbocycles. The van der Waals surface area contributed by atoms with Crippen LogP contribution in [0.15, 0.2) is 59.6 Å². The Hall–Kier alpha value is -3.19. The quantitative estimate of drug-likeness (QED) is 0.582. The third-order valence-corrected chi connectivity index (χ3v) is 4.33. The molecule has 4 N–H and O–H groups in total. The van der Waals surface area contributed by atoms with Gasteiger partial charge in [-0.15, -0.1) is 0 Å². The number of aromatic nitrogens is 2. The zero-order chi connectivity index (χ0) is 18.1. The fraction of sp³-hybridized carbons (Fsp3) is 0.158. The second-order valence-corrected chi connectivity index (χ2v) is 6.17. The summed E-state index contributed by atoms with van der Waals surface area (Å²) in [6.07, 6.45) is 0. The van der Waals surface area contributed by atoms with Crippen molar-refractivity contribution >= 4 is 17.3 Å². The van der Waals surface area contributed by atoms with Crippen LogP contribution >= 0.6 is 0 Å². The summed E-state index contributed by atoms with van der Waals surface area (Å²) in [6, 6.07) is 15.7. The summed E-state index contributed by atoms with van der Waals surface area (Å²) in [5.74, 6) is 0.686. The Morgan fingerprint density at radius 1 is 1.15 bits per heavy atom. The van der Waals surface area contributed by atoms with Crippen molar-refractivity contribution in [2.75, 3.05) is 17.2 Å². The number of aliphatic hydroxyl groups excluding tert-OH is 1. The lowest BCUT2D eigenvalue weighted by atomic mass is 9.88. The molecule has 1 aliphatic heterocycles. The van der Waals surface area contributed by atoms with E-state index >= 15 is 0 Å². The van der Waals surface area contributed by atoms with Gasteiger partial charge in [0.15, 0.2) is 5.66 Å². The molecule has 0 saturated heterocycles.